The Kier molecular flexibility index (Phi) is 5.62. The predicted octanol–water partition coefficient (Wildman–Crippen LogP) is 2.37. The molecule has 0 bridgehead atoms. The van der Waals surface area contributed by atoms with Crippen LogP contribution in [0.25, 0.3) is 0 Å². The Morgan fingerprint density at radius 1 is 1.33 bits per heavy atom. The summed E-state index contributed by atoms with van der Waals surface area (Å²) in [7, 11) is 4.07. The molecule has 0 saturated heterocycles. The minimum absolute atomic E-state index is 0.111. The SMILES string of the molecule is CCOC(=O)CC(Cc1ccc(N(C)C)cc1)NC1CC1. The number of esters is 1. The third-order valence-electron chi connectivity index (χ3n) is 3.70. The minimum Gasteiger partial charge on any atom is -0.466 e. The van der Waals surface area contributed by atoms with Gasteiger partial charge in [-0.3, -0.25) is 4.79 Å². The second-order valence-electron chi connectivity index (χ2n) is 5.91. The summed E-state index contributed by atoms with van der Waals surface area (Å²) in [4.78, 5) is 13.8. The first-order chi connectivity index (χ1) is 10.1. The lowest BCUT2D eigenvalue weighted by Gasteiger charge is -2.19. The highest BCUT2D eigenvalue weighted by Crippen LogP contribution is 2.22. The van der Waals surface area contributed by atoms with Gasteiger partial charge in [-0.1, -0.05) is 12.1 Å². The molecule has 4 nitrogen and oxygen atoms in total. The summed E-state index contributed by atoms with van der Waals surface area (Å²) in [5, 5.41) is 3.55. The second-order valence-corrected chi connectivity index (χ2v) is 5.91. The van der Waals surface area contributed by atoms with Gasteiger partial charge in [-0.2, -0.15) is 0 Å². The maximum absolute atomic E-state index is 11.7. The average Bonchev–Trinajstić information content (AvgIpc) is 3.23. The third-order valence-corrected chi connectivity index (χ3v) is 3.70. The Balaban J connectivity index is 1.94. The van der Waals surface area contributed by atoms with E-state index in [1.165, 1.54) is 24.1 Å². The van der Waals surface area contributed by atoms with Gasteiger partial charge in [0, 0.05) is 31.9 Å². The van der Waals surface area contributed by atoms with Gasteiger partial charge in [0.2, 0.25) is 0 Å². The molecular formula is C17H26N2O2. The maximum atomic E-state index is 11.7. The number of nitrogens with zero attached hydrogens (tertiary/aromatic N) is 1. The second kappa shape index (κ2) is 7.46. The van der Waals surface area contributed by atoms with E-state index in [9.17, 15) is 4.79 Å². The number of nitrogens with one attached hydrogen (secondary N) is 1. The summed E-state index contributed by atoms with van der Waals surface area (Å²) in [5.41, 5.74) is 2.44. The van der Waals surface area contributed by atoms with Crippen molar-refractivity contribution in [3.8, 4) is 0 Å². The standard InChI is InChI=1S/C17H26N2O2/c1-4-21-17(20)12-15(18-14-7-8-14)11-13-5-9-16(10-6-13)19(2)3/h5-6,9-10,14-15,18H,4,7-8,11-12H2,1-3H3. The zero-order valence-electron chi connectivity index (χ0n) is 13.3. The molecule has 0 radical (unpaired) electrons. The van der Waals surface area contributed by atoms with Crippen LogP contribution in [0.2, 0.25) is 0 Å². The Morgan fingerprint density at radius 2 is 2.00 bits per heavy atom. The van der Waals surface area contributed by atoms with Crippen LogP contribution in [0.4, 0.5) is 5.69 Å². The first-order valence-corrected chi connectivity index (χ1v) is 7.76. The lowest BCUT2D eigenvalue weighted by molar-refractivity contribution is -0.143. The van der Waals surface area contributed by atoms with E-state index in [4.69, 9.17) is 4.74 Å². The van der Waals surface area contributed by atoms with Crippen molar-refractivity contribution >= 4 is 11.7 Å². The molecule has 21 heavy (non-hydrogen) atoms. The van der Waals surface area contributed by atoms with E-state index in [1.807, 2.05) is 21.0 Å². The van der Waals surface area contributed by atoms with E-state index < -0.39 is 0 Å². The Labute approximate surface area is 127 Å². The maximum Gasteiger partial charge on any atom is 0.307 e. The number of anilines is 1. The first kappa shape index (κ1) is 15.8. The molecule has 1 aliphatic carbocycles. The monoisotopic (exact) mass is 290 g/mol. The molecule has 0 amide bonds. The van der Waals surface area contributed by atoms with Crippen LogP contribution in [0, 0.1) is 0 Å². The lowest BCUT2D eigenvalue weighted by Crippen LogP contribution is -2.35. The minimum atomic E-state index is -0.111. The van der Waals surface area contributed by atoms with Crippen LogP contribution in [0.15, 0.2) is 24.3 Å². The van der Waals surface area contributed by atoms with Gasteiger partial charge < -0.3 is 15.0 Å². The molecular weight excluding hydrogens is 264 g/mol. The fraction of sp³-hybridized carbons (Fsp3) is 0.588. The number of hydrogen-bond acceptors (Lipinski definition) is 4. The van der Waals surface area contributed by atoms with Crippen LogP contribution in [0.5, 0.6) is 0 Å². The molecule has 1 saturated carbocycles. The van der Waals surface area contributed by atoms with Crippen molar-refractivity contribution in [2.45, 2.75) is 44.7 Å². The van der Waals surface area contributed by atoms with Gasteiger partial charge in [0.1, 0.15) is 0 Å². The molecule has 4 heteroatoms. The van der Waals surface area contributed by atoms with Crippen molar-refractivity contribution in [1.29, 1.82) is 0 Å². The van der Waals surface area contributed by atoms with Crippen LogP contribution in [-0.2, 0) is 16.0 Å². The molecule has 1 aromatic rings. The molecule has 0 heterocycles. The Hall–Kier alpha value is -1.55. The molecule has 0 aromatic heterocycles. The van der Waals surface area contributed by atoms with Gasteiger partial charge in [0.15, 0.2) is 0 Å². The molecule has 1 fully saturated rings. The lowest BCUT2D eigenvalue weighted by atomic mass is 10.0. The summed E-state index contributed by atoms with van der Waals surface area (Å²) >= 11 is 0. The van der Waals surface area contributed by atoms with Crippen LogP contribution in [0.1, 0.15) is 31.7 Å². The largest absolute Gasteiger partial charge is 0.466 e. The molecule has 0 aliphatic heterocycles. The molecule has 1 atom stereocenters. The van der Waals surface area contributed by atoms with Crippen LogP contribution in [-0.4, -0.2) is 38.8 Å². The van der Waals surface area contributed by atoms with Gasteiger partial charge in [-0.15, -0.1) is 0 Å². The summed E-state index contributed by atoms with van der Waals surface area (Å²) in [6.45, 7) is 2.30. The van der Waals surface area contributed by atoms with Gasteiger partial charge >= 0.3 is 5.97 Å². The van der Waals surface area contributed by atoms with Crippen LogP contribution < -0.4 is 10.2 Å². The fourth-order valence-corrected chi connectivity index (χ4v) is 2.41. The van der Waals surface area contributed by atoms with Gasteiger partial charge in [-0.25, -0.2) is 0 Å². The molecule has 1 unspecified atom stereocenters. The Morgan fingerprint density at radius 3 is 2.52 bits per heavy atom. The zero-order valence-corrected chi connectivity index (χ0v) is 13.3. The summed E-state index contributed by atoms with van der Waals surface area (Å²) in [6, 6.07) is 9.28. The number of benzene rings is 1. The van der Waals surface area contributed by atoms with Crippen molar-refractivity contribution in [2.75, 3.05) is 25.6 Å². The molecule has 1 N–H and O–H groups in total. The smallest absolute Gasteiger partial charge is 0.307 e. The normalized spacial score (nSPS) is 15.6. The van der Waals surface area contributed by atoms with E-state index in [1.54, 1.807) is 0 Å². The quantitative estimate of drug-likeness (QED) is 0.746. The number of ether oxygens (including phenoxy) is 1. The fourth-order valence-electron chi connectivity index (χ4n) is 2.41. The summed E-state index contributed by atoms with van der Waals surface area (Å²) in [6.07, 6.45) is 3.75. The van der Waals surface area contributed by atoms with Crippen molar-refractivity contribution < 1.29 is 9.53 Å². The van der Waals surface area contributed by atoms with Crippen molar-refractivity contribution in [3.63, 3.8) is 0 Å². The third kappa shape index (κ3) is 5.38. The predicted molar refractivity (Wildman–Crippen MR) is 85.7 cm³/mol. The van der Waals surface area contributed by atoms with Gasteiger partial charge in [0.05, 0.1) is 13.0 Å². The number of hydrogen-bond donors (Lipinski definition) is 1. The highest BCUT2D eigenvalue weighted by Gasteiger charge is 2.26. The molecule has 2 rings (SSSR count). The van der Waals surface area contributed by atoms with E-state index in [0.29, 0.717) is 19.1 Å². The molecule has 1 aliphatic rings. The van der Waals surface area contributed by atoms with E-state index in [2.05, 4.69) is 34.5 Å². The number of carbonyl (C=O) groups is 1. The Bertz CT molecular complexity index is 452. The van der Waals surface area contributed by atoms with Crippen molar-refractivity contribution in [1.82, 2.24) is 5.32 Å². The van der Waals surface area contributed by atoms with E-state index in [-0.39, 0.29) is 12.0 Å². The highest BCUT2D eigenvalue weighted by molar-refractivity contribution is 5.70. The van der Waals surface area contributed by atoms with Crippen LogP contribution in [0.3, 0.4) is 0 Å². The van der Waals surface area contributed by atoms with Gasteiger partial charge in [0.25, 0.3) is 0 Å². The number of carbonyl (C=O) groups excluding carboxylic acids is 1. The van der Waals surface area contributed by atoms with Crippen molar-refractivity contribution in [3.05, 3.63) is 29.8 Å². The van der Waals surface area contributed by atoms with E-state index in [0.717, 1.165) is 6.42 Å². The summed E-state index contributed by atoms with van der Waals surface area (Å²) < 4.78 is 5.08. The molecule has 0 spiro atoms. The first-order valence-electron chi connectivity index (χ1n) is 7.76. The van der Waals surface area contributed by atoms with Crippen molar-refractivity contribution in [2.24, 2.45) is 0 Å². The topological polar surface area (TPSA) is 41.6 Å². The van der Waals surface area contributed by atoms with E-state index >= 15 is 0 Å². The zero-order chi connectivity index (χ0) is 15.2. The van der Waals surface area contributed by atoms with Crippen LogP contribution >= 0.6 is 0 Å². The molecule has 116 valence electrons. The summed E-state index contributed by atoms with van der Waals surface area (Å²) in [5.74, 6) is -0.111. The average molecular weight is 290 g/mol. The molecule has 1 aromatic carbocycles. The number of rotatable bonds is 8. The highest BCUT2D eigenvalue weighted by atomic mass is 16.5. The van der Waals surface area contributed by atoms with Gasteiger partial charge in [-0.05, 0) is 43.9 Å².